The molecule has 0 aromatic heterocycles. The predicted molar refractivity (Wildman–Crippen MR) is 114 cm³/mol. The lowest BCUT2D eigenvalue weighted by molar-refractivity contribution is -0.136. The Balaban J connectivity index is 1.31. The molecule has 1 aromatic carbocycles. The summed E-state index contributed by atoms with van der Waals surface area (Å²) in [6.07, 6.45) is 4.04. The van der Waals surface area contributed by atoms with Crippen molar-refractivity contribution >= 4 is 35.2 Å². The van der Waals surface area contributed by atoms with E-state index in [0.29, 0.717) is 38.2 Å². The van der Waals surface area contributed by atoms with Crippen molar-refractivity contribution in [2.24, 2.45) is 5.92 Å². The van der Waals surface area contributed by atoms with Crippen molar-refractivity contribution in [2.75, 3.05) is 43.5 Å². The van der Waals surface area contributed by atoms with Gasteiger partial charge in [-0.15, -0.1) is 0 Å². The van der Waals surface area contributed by atoms with Gasteiger partial charge in [0.25, 0.3) is 0 Å². The zero-order chi connectivity index (χ0) is 22.0. The fourth-order valence-electron chi connectivity index (χ4n) is 4.68. The third-order valence-electron chi connectivity index (χ3n) is 6.34. The minimum Gasteiger partial charge on any atom is -0.453 e. The molecule has 2 N–H and O–H groups in total. The Kier molecular flexibility index (Phi) is 6.11. The van der Waals surface area contributed by atoms with Crippen LogP contribution in [0.4, 0.5) is 16.2 Å². The average molecular weight is 428 g/mol. The van der Waals surface area contributed by atoms with Gasteiger partial charge in [0.1, 0.15) is 0 Å². The molecule has 3 heterocycles. The van der Waals surface area contributed by atoms with E-state index in [9.17, 15) is 19.2 Å². The highest BCUT2D eigenvalue weighted by Gasteiger charge is 2.30. The smallest absolute Gasteiger partial charge is 0.409 e. The Morgan fingerprint density at radius 3 is 2.45 bits per heavy atom. The minimum atomic E-state index is -0.696. The van der Waals surface area contributed by atoms with Crippen molar-refractivity contribution in [3.63, 3.8) is 0 Å². The number of piperidine rings is 1. The second-order valence-corrected chi connectivity index (χ2v) is 8.36. The van der Waals surface area contributed by atoms with Crippen LogP contribution in [0.1, 0.15) is 36.8 Å². The molecule has 1 fully saturated rings. The van der Waals surface area contributed by atoms with Crippen LogP contribution < -0.4 is 15.5 Å². The first-order chi connectivity index (χ1) is 15.0. The normalized spacial score (nSPS) is 18.3. The quantitative estimate of drug-likeness (QED) is 0.709. The minimum absolute atomic E-state index is 0.155. The van der Waals surface area contributed by atoms with E-state index < -0.39 is 11.8 Å². The lowest BCUT2D eigenvalue weighted by Gasteiger charge is -2.35. The number of rotatable bonds is 3. The van der Waals surface area contributed by atoms with Gasteiger partial charge in [0.2, 0.25) is 5.91 Å². The molecule has 0 bridgehead atoms. The second kappa shape index (κ2) is 8.95. The maximum atomic E-state index is 12.4. The lowest BCUT2D eigenvalue weighted by atomic mass is 9.91. The highest BCUT2D eigenvalue weighted by Crippen LogP contribution is 2.37. The number of methoxy groups -OCH3 is 1. The molecule has 0 atom stereocenters. The number of amides is 4. The summed E-state index contributed by atoms with van der Waals surface area (Å²) in [4.78, 5) is 51.9. The molecule has 0 unspecified atom stereocenters. The number of ether oxygens (including phenoxy) is 1. The van der Waals surface area contributed by atoms with E-state index >= 15 is 0 Å². The SMILES string of the molecule is COC(=O)N1CCC(CNC(=O)C(=O)Nc2cc3c4c(c2)CCC(=O)N4CCC3)CC1. The number of nitrogens with one attached hydrogen (secondary N) is 2. The first-order valence-electron chi connectivity index (χ1n) is 10.8. The van der Waals surface area contributed by atoms with Crippen LogP contribution in [-0.4, -0.2) is 62.0 Å². The average Bonchev–Trinajstić information content (AvgIpc) is 2.79. The van der Waals surface area contributed by atoms with Crippen LogP contribution in [0, 0.1) is 5.92 Å². The summed E-state index contributed by atoms with van der Waals surface area (Å²) in [7, 11) is 1.36. The number of hydrogen-bond donors (Lipinski definition) is 2. The number of carbonyl (C=O) groups excluding carboxylic acids is 4. The van der Waals surface area contributed by atoms with Gasteiger partial charge in [-0.25, -0.2) is 4.79 Å². The number of nitrogens with zero attached hydrogens (tertiary/aromatic N) is 2. The first kappa shape index (κ1) is 21.1. The lowest BCUT2D eigenvalue weighted by Crippen LogP contribution is -2.43. The number of aryl methyl sites for hydroxylation is 2. The van der Waals surface area contributed by atoms with Crippen molar-refractivity contribution in [1.29, 1.82) is 0 Å². The molecule has 0 aliphatic carbocycles. The first-order valence-corrected chi connectivity index (χ1v) is 10.8. The maximum absolute atomic E-state index is 12.4. The predicted octanol–water partition coefficient (Wildman–Crippen LogP) is 1.45. The third kappa shape index (κ3) is 4.50. The van der Waals surface area contributed by atoms with Crippen LogP contribution >= 0.6 is 0 Å². The summed E-state index contributed by atoms with van der Waals surface area (Å²) in [5.74, 6) is -0.992. The highest BCUT2D eigenvalue weighted by atomic mass is 16.5. The van der Waals surface area contributed by atoms with E-state index in [1.54, 1.807) is 4.90 Å². The van der Waals surface area contributed by atoms with Crippen molar-refractivity contribution in [3.8, 4) is 0 Å². The summed E-state index contributed by atoms with van der Waals surface area (Å²) in [5.41, 5.74) is 3.68. The molecule has 4 amide bonds. The van der Waals surface area contributed by atoms with Crippen molar-refractivity contribution < 1.29 is 23.9 Å². The third-order valence-corrected chi connectivity index (χ3v) is 6.34. The Morgan fingerprint density at radius 2 is 1.74 bits per heavy atom. The van der Waals surface area contributed by atoms with Gasteiger partial charge in [0.15, 0.2) is 0 Å². The summed E-state index contributed by atoms with van der Waals surface area (Å²) in [6, 6.07) is 3.74. The number of carbonyl (C=O) groups is 4. The van der Waals surface area contributed by atoms with Crippen molar-refractivity contribution in [3.05, 3.63) is 23.3 Å². The van der Waals surface area contributed by atoms with Crippen molar-refractivity contribution in [2.45, 2.75) is 38.5 Å². The topological polar surface area (TPSA) is 108 Å². The highest BCUT2D eigenvalue weighted by molar-refractivity contribution is 6.39. The van der Waals surface area contributed by atoms with Gasteiger partial charge in [0.05, 0.1) is 12.8 Å². The van der Waals surface area contributed by atoms with Crippen LogP contribution in [0.5, 0.6) is 0 Å². The largest absolute Gasteiger partial charge is 0.453 e. The van der Waals surface area contributed by atoms with Crippen LogP contribution in [0.25, 0.3) is 0 Å². The van der Waals surface area contributed by atoms with E-state index in [1.807, 2.05) is 17.0 Å². The zero-order valence-electron chi connectivity index (χ0n) is 17.7. The molecule has 1 aromatic rings. The van der Waals surface area contributed by atoms with Gasteiger partial charge in [-0.3, -0.25) is 14.4 Å². The monoisotopic (exact) mass is 428 g/mol. The summed E-state index contributed by atoms with van der Waals surface area (Å²) >= 11 is 0. The van der Waals surface area contributed by atoms with Gasteiger partial charge in [-0.1, -0.05) is 0 Å². The van der Waals surface area contributed by atoms with Crippen LogP contribution in [0.15, 0.2) is 12.1 Å². The van der Waals surface area contributed by atoms with Gasteiger partial charge >= 0.3 is 17.9 Å². The Hall–Kier alpha value is -3.10. The molecule has 0 radical (unpaired) electrons. The number of anilines is 2. The Morgan fingerprint density at radius 1 is 1.03 bits per heavy atom. The molecule has 0 saturated carbocycles. The second-order valence-electron chi connectivity index (χ2n) is 8.36. The van der Waals surface area contributed by atoms with Crippen molar-refractivity contribution in [1.82, 2.24) is 10.2 Å². The maximum Gasteiger partial charge on any atom is 0.409 e. The molecule has 4 rings (SSSR count). The fraction of sp³-hybridized carbons (Fsp3) is 0.545. The van der Waals surface area contributed by atoms with Gasteiger partial charge < -0.3 is 25.2 Å². The van der Waals surface area contributed by atoms with Gasteiger partial charge in [0, 0.05) is 38.3 Å². The molecule has 9 nitrogen and oxygen atoms in total. The molecular formula is C22H28N4O5. The molecule has 0 spiro atoms. The van der Waals surface area contributed by atoms with Crippen LogP contribution in [0.3, 0.4) is 0 Å². The molecule has 9 heteroatoms. The van der Waals surface area contributed by atoms with Crippen LogP contribution in [-0.2, 0) is 32.0 Å². The van der Waals surface area contributed by atoms with E-state index in [-0.39, 0.29) is 17.9 Å². The molecule has 3 aliphatic heterocycles. The molecule has 31 heavy (non-hydrogen) atoms. The summed E-state index contributed by atoms with van der Waals surface area (Å²) in [6.45, 7) is 2.30. The molecule has 3 aliphatic rings. The molecular weight excluding hydrogens is 400 g/mol. The molecule has 166 valence electrons. The zero-order valence-corrected chi connectivity index (χ0v) is 17.7. The number of benzene rings is 1. The van der Waals surface area contributed by atoms with E-state index in [4.69, 9.17) is 4.74 Å². The van der Waals surface area contributed by atoms with Gasteiger partial charge in [-0.05, 0) is 61.3 Å². The Bertz CT molecular complexity index is 890. The van der Waals surface area contributed by atoms with Gasteiger partial charge in [-0.2, -0.15) is 0 Å². The van der Waals surface area contributed by atoms with Crippen LogP contribution in [0.2, 0.25) is 0 Å². The summed E-state index contributed by atoms with van der Waals surface area (Å²) in [5, 5.41) is 5.42. The number of likely N-dealkylation sites (tertiary alicyclic amines) is 1. The standard InChI is InChI=1S/C22H28N4O5/c1-31-22(30)25-9-6-14(7-10-25)13-23-20(28)21(29)24-17-11-15-3-2-8-26-18(27)5-4-16(12-17)19(15)26/h11-12,14H,2-10,13H2,1H3,(H,23,28)(H,24,29). The fourth-order valence-corrected chi connectivity index (χ4v) is 4.68. The number of hydrogen-bond acceptors (Lipinski definition) is 5. The molecule has 1 saturated heterocycles. The summed E-state index contributed by atoms with van der Waals surface area (Å²) < 4.78 is 4.72. The van der Waals surface area contributed by atoms with E-state index in [0.717, 1.165) is 49.0 Å². The Labute approximate surface area is 181 Å². The van der Waals surface area contributed by atoms with E-state index in [1.165, 1.54) is 7.11 Å². The van der Waals surface area contributed by atoms with E-state index in [2.05, 4.69) is 10.6 Å².